The van der Waals surface area contributed by atoms with Crippen LogP contribution in [0.2, 0.25) is 0 Å². The summed E-state index contributed by atoms with van der Waals surface area (Å²) in [7, 11) is 0. The van der Waals surface area contributed by atoms with Crippen molar-refractivity contribution in [3.63, 3.8) is 0 Å². The first-order chi connectivity index (χ1) is 18.8. The van der Waals surface area contributed by atoms with Gasteiger partial charge in [-0.1, -0.05) is 115 Å². The highest BCUT2D eigenvalue weighted by Gasteiger charge is 2.35. The number of benzene rings is 5. The zero-order valence-corrected chi connectivity index (χ0v) is 21.2. The summed E-state index contributed by atoms with van der Waals surface area (Å²) < 4.78 is 2.61. The normalized spacial score (nSPS) is 14.1. The molecule has 2 heterocycles. The van der Waals surface area contributed by atoms with Crippen LogP contribution in [0.5, 0.6) is 0 Å². The van der Waals surface area contributed by atoms with Gasteiger partial charge < -0.3 is 0 Å². The first kappa shape index (κ1) is 21.4. The van der Waals surface area contributed by atoms with E-state index in [-0.39, 0.29) is 5.92 Å². The first-order valence-corrected chi connectivity index (χ1v) is 13.6. The van der Waals surface area contributed by atoms with Gasteiger partial charge in [0.2, 0.25) is 0 Å². The van der Waals surface area contributed by atoms with Crippen molar-refractivity contribution in [1.82, 2.24) is 15.0 Å². The van der Waals surface area contributed by atoms with Gasteiger partial charge >= 0.3 is 0 Å². The minimum Gasteiger partial charge on any atom is -0.212 e. The molecule has 0 amide bonds. The predicted octanol–water partition coefficient (Wildman–Crippen LogP) is 8.73. The van der Waals surface area contributed by atoms with E-state index in [1.807, 2.05) is 47.7 Å². The van der Waals surface area contributed by atoms with Crippen LogP contribution in [0.3, 0.4) is 0 Å². The molecule has 38 heavy (non-hydrogen) atoms. The molecule has 1 aliphatic rings. The summed E-state index contributed by atoms with van der Waals surface area (Å²) in [4.78, 5) is 15.2. The van der Waals surface area contributed by atoms with E-state index >= 15 is 0 Å². The van der Waals surface area contributed by atoms with Gasteiger partial charge in [0, 0.05) is 31.3 Å². The third-order valence-electron chi connectivity index (χ3n) is 7.41. The third kappa shape index (κ3) is 3.24. The molecule has 3 nitrogen and oxygen atoms in total. The molecule has 0 aliphatic heterocycles. The lowest BCUT2D eigenvalue weighted by Gasteiger charge is -2.16. The monoisotopic (exact) mass is 503 g/mol. The van der Waals surface area contributed by atoms with Gasteiger partial charge in [0.15, 0.2) is 11.6 Å². The molecule has 5 aromatic carbocycles. The Morgan fingerprint density at radius 1 is 0.500 bits per heavy atom. The summed E-state index contributed by atoms with van der Waals surface area (Å²) in [6, 6.07) is 42.4. The lowest BCUT2D eigenvalue weighted by Crippen LogP contribution is -2.09. The maximum absolute atomic E-state index is 5.15. The van der Waals surface area contributed by atoms with E-state index < -0.39 is 0 Å². The van der Waals surface area contributed by atoms with E-state index in [0.717, 1.165) is 17.0 Å². The average molecular weight is 504 g/mol. The second kappa shape index (κ2) is 8.44. The van der Waals surface area contributed by atoms with E-state index in [0.29, 0.717) is 11.6 Å². The molecule has 4 heteroatoms. The molecule has 0 N–H and O–H groups in total. The molecule has 1 atom stereocenters. The first-order valence-electron chi connectivity index (χ1n) is 12.8. The minimum atomic E-state index is -0.0779. The molecular weight excluding hydrogens is 482 g/mol. The maximum Gasteiger partial charge on any atom is 0.163 e. The van der Waals surface area contributed by atoms with Gasteiger partial charge in [-0.15, -0.1) is 11.3 Å². The molecule has 178 valence electrons. The van der Waals surface area contributed by atoms with Crippen LogP contribution in [0.4, 0.5) is 0 Å². The lowest BCUT2D eigenvalue weighted by molar-refractivity contribution is 0.861. The molecule has 0 fully saturated rings. The molecule has 0 spiro atoms. The highest BCUT2D eigenvalue weighted by atomic mass is 32.1. The van der Waals surface area contributed by atoms with Crippen LogP contribution in [0, 0.1) is 0 Å². The van der Waals surface area contributed by atoms with Crippen molar-refractivity contribution >= 4 is 31.5 Å². The van der Waals surface area contributed by atoms with Gasteiger partial charge in [0.05, 0.1) is 5.92 Å². The van der Waals surface area contributed by atoms with Crippen molar-refractivity contribution in [1.29, 1.82) is 0 Å². The fourth-order valence-electron chi connectivity index (χ4n) is 5.70. The Bertz CT molecular complexity index is 1920. The van der Waals surface area contributed by atoms with Crippen LogP contribution in [-0.2, 0) is 0 Å². The zero-order chi connectivity index (χ0) is 25.1. The van der Waals surface area contributed by atoms with Crippen molar-refractivity contribution in [2.45, 2.75) is 5.92 Å². The second-order valence-electron chi connectivity index (χ2n) is 9.59. The number of thiophene rings is 1. The van der Waals surface area contributed by atoms with Crippen molar-refractivity contribution in [3.05, 3.63) is 138 Å². The van der Waals surface area contributed by atoms with Crippen molar-refractivity contribution in [2.24, 2.45) is 0 Å². The zero-order valence-electron chi connectivity index (χ0n) is 20.4. The van der Waals surface area contributed by atoms with Crippen LogP contribution < -0.4 is 0 Å². The van der Waals surface area contributed by atoms with Crippen LogP contribution >= 0.6 is 11.3 Å². The number of hydrogen-bond acceptors (Lipinski definition) is 4. The van der Waals surface area contributed by atoms with Gasteiger partial charge in [-0.25, -0.2) is 15.0 Å². The van der Waals surface area contributed by atoms with Crippen molar-refractivity contribution < 1.29 is 0 Å². The van der Waals surface area contributed by atoms with E-state index in [4.69, 9.17) is 15.0 Å². The Hall–Kier alpha value is -4.67. The largest absolute Gasteiger partial charge is 0.212 e. The smallest absolute Gasteiger partial charge is 0.163 e. The van der Waals surface area contributed by atoms with Crippen molar-refractivity contribution in [2.75, 3.05) is 0 Å². The van der Waals surface area contributed by atoms with Crippen LogP contribution in [0.15, 0.2) is 121 Å². The van der Waals surface area contributed by atoms with E-state index in [2.05, 4.69) is 84.9 Å². The maximum atomic E-state index is 5.15. The molecule has 1 aliphatic carbocycles. The molecule has 0 radical (unpaired) electrons. The summed E-state index contributed by atoms with van der Waals surface area (Å²) in [5.74, 6) is 2.10. The highest BCUT2D eigenvalue weighted by Crippen LogP contribution is 2.52. The Kier molecular flexibility index (Phi) is 4.76. The Balaban J connectivity index is 1.44. The second-order valence-corrected chi connectivity index (χ2v) is 10.6. The third-order valence-corrected chi connectivity index (χ3v) is 8.63. The topological polar surface area (TPSA) is 38.7 Å². The van der Waals surface area contributed by atoms with Crippen LogP contribution in [-0.4, -0.2) is 15.0 Å². The number of hydrogen-bond donors (Lipinski definition) is 0. The van der Waals surface area contributed by atoms with E-state index in [1.165, 1.54) is 42.4 Å². The Morgan fingerprint density at radius 2 is 1.13 bits per heavy atom. The summed E-state index contributed by atoms with van der Waals surface area (Å²) in [5.41, 5.74) is 7.05. The van der Waals surface area contributed by atoms with E-state index in [1.54, 1.807) is 0 Å². The number of nitrogens with zero attached hydrogens (tertiary/aromatic N) is 3. The molecule has 0 saturated carbocycles. The minimum absolute atomic E-state index is 0.0779. The number of rotatable bonds is 3. The number of fused-ring (bicyclic) bond motifs is 7. The lowest BCUT2D eigenvalue weighted by atomic mass is 9.94. The molecule has 0 saturated heterocycles. The highest BCUT2D eigenvalue weighted by molar-refractivity contribution is 7.26. The van der Waals surface area contributed by atoms with Crippen LogP contribution in [0.25, 0.3) is 54.1 Å². The van der Waals surface area contributed by atoms with Gasteiger partial charge in [-0.2, -0.15) is 0 Å². The Labute approximate surface area is 224 Å². The van der Waals surface area contributed by atoms with Gasteiger partial charge in [-0.3, -0.25) is 0 Å². The van der Waals surface area contributed by atoms with E-state index in [9.17, 15) is 0 Å². The summed E-state index contributed by atoms with van der Waals surface area (Å²) in [6.07, 6.45) is 0. The molecule has 8 rings (SSSR count). The molecule has 7 aromatic rings. The van der Waals surface area contributed by atoms with Crippen LogP contribution in [0.1, 0.15) is 22.9 Å². The Morgan fingerprint density at radius 3 is 1.87 bits per heavy atom. The molecular formula is C34H21N3S. The summed E-state index contributed by atoms with van der Waals surface area (Å²) in [5, 5.41) is 2.60. The van der Waals surface area contributed by atoms with Gasteiger partial charge in [0.1, 0.15) is 5.82 Å². The quantitative estimate of drug-likeness (QED) is 0.242. The SMILES string of the molecule is c1ccc(-c2nc(-c3ccccc3)nc(C3c4ccccc4-c4ccc5c(sc6ccccc65)c43)n2)cc1. The molecule has 2 aromatic heterocycles. The fraction of sp³-hybridized carbons (Fsp3) is 0.0294. The number of aromatic nitrogens is 3. The predicted molar refractivity (Wildman–Crippen MR) is 156 cm³/mol. The van der Waals surface area contributed by atoms with Gasteiger partial charge in [-0.05, 0) is 28.3 Å². The molecule has 0 bridgehead atoms. The standard InChI is InChI=1S/C34H21N3S/c1-3-11-21(12-4-1)32-35-33(22-13-5-2-6-14-22)37-34(36-32)30-25-17-8-7-15-23(25)26-19-20-27-24-16-9-10-18-28(24)38-31(27)29(26)30/h1-20,30H. The molecule has 1 unspecified atom stereocenters. The summed E-state index contributed by atoms with van der Waals surface area (Å²) in [6.45, 7) is 0. The van der Waals surface area contributed by atoms with Gasteiger partial charge in [0.25, 0.3) is 0 Å². The average Bonchev–Trinajstić information content (AvgIpc) is 3.54. The fourth-order valence-corrected chi connectivity index (χ4v) is 6.98. The van der Waals surface area contributed by atoms with Crippen molar-refractivity contribution in [3.8, 4) is 33.9 Å². The summed E-state index contributed by atoms with van der Waals surface area (Å²) >= 11 is 1.87.